The molecule has 0 unspecified atom stereocenters. The van der Waals surface area contributed by atoms with Crippen LogP contribution in [0.15, 0.2) is 0 Å². The van der Waals surface area contributed by atoms with Gasteiger partial charge in [0.25, 0.3) is 0 Å². The summed E-state index contributed by atoms with van der Waals surface area (Å²) < 4.78 is 25.0. The molecule has 0 aliphatic rings. The Labute approximate surface area is 95.0 Å². The predicted molar refractivity (Wildman–Crippen MR) is 63.7 cm³/mol. The molecule has 88 valence electrons. The molecule has 0 aliphatic carbocycles. The number of anilines is 1. The van der Waals surface area contributed by atoms with Gasteiger partial charge in [0, 0.05) is 0 Å². The van der Waals surface area contributed by atoms with Crippen LogP contribution in [0.3, 0.4) is 0 Å². The summed E-state index contributed by atoms with van der Waals surface area (Å²) in [7, 11) is -3.28. The number of hydrogen-bond donors (Lipinski definition) is 1. The van der Waals surface area contributed by atoms with E-state index in [1.165, 1.54) is 11.3 Å². The maximum atomic E-state index is 11.3. The van der Waals surface area contributed by atoms with Crippen molar-refractivity contribution in [3.05, 3.63) is 5.01 Å². The summed E-state index contributed by atoms with van der Waals surface area (Å²) in [5.74, 6) is 0. The molecule has 1 aromatic rings. The second-order valence-corrected chi connectivity index (χ2v) is 6.24. The first-order valence-corrected chi connectivity index (χ1v) is 7.10. The second kappa shape index (κ2) is 6.02. The van der Waals surface area contributed by atoms with E-state index in [1.807, 2.05) is 13.8 Å². The Morgan fingerprint density at radius 1 is 1.27 bits per heavy atom. The van der Waals surface area contributed by atoms with Gasteiger partial charge in [0.2, 0.25) is 15.2 Å². The predicted octanol–water partition coefficient (Wildman–Crippen LogP) is 2.02. The molecule has 1 heterocycles. The Morgan fingerprint density at radius 3 is 2.13 bits per heavy atom. The summed E-state index contributed by atoms with van der Waals surface area (Å²) >= 11 is 1.22. The third kappa shape index (κ3) is 4.57. The molecule has 0 spiro atoms. The Balaban J connectivity index is 0.000000921. The van der Waals surface area contributed by atoms with Crippen LogP contribution in [0.1, 0.15) is 32.7 Å². The third-order valence-corrected chi connectivity index (χ3v) is 3.98. The van der Waals surface area contributed by atoms with Crippen molar-refractivity contribution in [3.63, 3.8) is 0 Å². The molecule has 1 aromatic heterocycles. The largest absolute Gasteiger partial charge is 0.257 e. The zero-order chi connectivity index (χ0) is 12.1. The number of hydrogen-bond acceptors (Lipinski definition) is 5. The maximum absolute atomic E-state index is 11.3. The highest BCUT2D eigenvalue weighted by molar-refractivity contribution is 7.93. The number of nitrogens with one attached hydrogen (secondary N) is 1. The van der Waals surface area contributed by atoms with Crippen molar-refractivity contribution < 1.29 is 8.42 Å². The van der Waals surface area contributed by atoms with Gasteiger partial charge in [0.15, 0.2) is 0 Å². The fourth-order valence-electron chi connectivity index (χ4n) is 0.577. The molecule has 0 atom stereocenters. The van der Waals surface area contributed by atoms with E-state index in [0.717, 1.165) is 5.01 Å². The van der Waals surface area contributed by atoms with Crippen molar-refractivity contribution in [3.8, 4) is 0 Å². The molecule has 0 saturated heterocycles. The molecule has 1 N–H and O–H groups in total. The molecule has 0 bridgehead atoms. The molecule has 0 aromatic carbocycles. The van der Waals surface area contributed by atoms with Crippen LogP contribution in [0.2, 0.25) is 0 Å². The van der Waals surface area contributed by atoms with Gasteiger partial charge in [-0.25, -0.2) is 8.42 Å². The van der Waals surface area contributed by atoms with Crippen molar-refractivity contribution in [2.75, 3.05) is 4.72 Å². The van der Waals surface area contributed by atoms with Gasteiger partial charge in [-0.3, -0.25) is 4.72 Å². The van der Waals surface area contributed by atoms with Crippen molar-refractivity contribution in [1.29, 1.82) is 0 Å². The minimum atomic E-state index is -3.28. The molecule has 0 amide bonds. The standard InChI is InChI=1S/C6H11N3O2S2.C2H6/c1-4(2)13(10,11)9-6-8-7-5(3)12-6;1-2/h4H,1-3H3,(H,8,9);1-2H3. The average Bonchev–Trinajstić information content (AvgIpc) is 2.53. The molecule has 7 heteroatoms. The molecule has 0 radical (unpaired) electrons. The van der Waals surface area contributed by atoms with E-state index in [2.05, 4.69) is 14.9 Å². The monoisotopic (exact) mass is 251 g/mol. The van der Waals surface area contributed by atoms with E-state index in [1.54, 1.807) is 20.8 Å². The molecule has 0 saturated carbocycles. The SMILES string of the molecule is CC.Cc1nnc(NS(=O)(=O)C(C)C)s1. The zero-order valence-corrected chi connectivity index (χ0v) is 11.2. The lowest BCUT2D eigenvalue weighted by Crippen LogP contribution is -2.22. The number of sulfonamides is 1. The van der Waals surface area contributed by atoms with Gasteiger partial charge in [-0.15, -0.1) is 10.2 Å². The van der Waals surface area contributed by atoms with Crippen LogP contribution < -0.4 is 4.72 Å². The second-order valence-electron chi connectivity index (χ2n) is 2.82. The maximum Gasteiger partial charge on any atom is 0.236 e. The number of aromatic nitrogens is 2. The van der Waals surface area contributed by atoms with Crippen LogP contribution in [0.4, 0.5) is 5.13 Å². The minimum Gasteiger partial charge on any atom is -0.257 e. The van der Waals surface area contributed by atoms with Crippen LogP contribution >= 0.6 is 11.3 Å². The van der Waals surface area contributed by atoms with Crippen molar-refractivity contribution >= 4 is 26.5 Å². The summed E-state index contributed by atoms with van der Waals surface area (Å²) in [6.07, 6.45) is 0. The highest BCUT2D eigenvalue weighted by Gasteiger charge is 2.17. The summed E-state index contributed by atoms with van der Waals surface area (Å²) in [5.41, 5.74) is 0. The first kappa shape index (κ1) is 14.3. The van der Waals surface area contributed by atoms with Gasteiger partial charge in [0.1, 0.15) is 5.01 Å². The van der Waals surface area contributed by atoms with Gasteiger partial charge >= 0.3 is 0 Å². The third-order valence-electron chi connectivity index (χ3n) is 1.38. The Kier molecular flexibility index (Phi) is 5.74. The summed E-state index contributed by atoms with van der Waals surface area (Å²) in [4.78, 5) is 0. The molecular formula is C8H17N3O2S2. The fourth-order valence-corrected chi connectivity index (χ4v) is 2.06. The molecule has 0 aliphatic heterocycles. The van der Waals surface area contributed by atoms with Gasteiger partial charge in [-0.2, -0.15) is 0 Å². The lowest BCUT2D eigenvalue weighted by atomic mass is 10.6. The van der Waals surface area contributed by atoms with Crippen LogP contribution in [0.25, 0.3) is 0 Å². The van der Waals surface area contributed by atoms with E-state index < -0.39 is 15.3 Å². The lowest BCUT2D eigenvalue weighted by Gasteiger charge is -2.06. The number of rotatable bonds is 3. The molecule has 15 heavy (non-hydrogen) atoms. The van der Waals surface area contributed by atoms with E-state index in [-0.39, 0.29) is 0 Å². The highest BCUT2D eigenvalue weighted by atomic mass is 32.2. The van der Waals surface area contributed by atoms with Crippen molar-refractivity contribution in [2.24, 2.45) is 0 Å². The average molecular weight is 251 g/mol. The first-order valence-electron chi connectivity index (χ1n) is 4.73. The summed E-state index contributed by atoms with van der Waals surface area (Å²) in [6.45, 7) is 8.98. The topological polar surface area (TPSA) is 72.0 Å². The highest BCUT2D eigenvalue weighted by Crippen LogP contribution is 2.16. The van der Waals surface area contributed by atoms with E-state index in [9.17, 15) is 8.42 Å². The number of nitrogens with zero attached hydrogens (tertiary/aromatic N) is 2. The van der Waals surface area contributed by atoms with E-state index in [0.29, 0.717) is 5.13 Å². The Hall–Kier alpha value is -0.690. The van der Waals surface area contributed by atoms with E-state index in [4.69, 9.17) is 0 Å². The molecular weight excluding hydrogens is 234 g/mol. The van der Waals surface area contributed by atoms with Gasteiger partial charge in [0.05, 0.1) is 5.25 Å². The van der Waals surface area contributed by atoms with Crippen molar-refractivity contribution in [2.45, 2.75) is 39.9 Å². The number of aryl methyl sites for hydroxylation is 1. The van der Waals surface area contributed by atoms with Gasteiger partial charge in [-0.1, -0.05) is 25.2 Å². The van der Waals surface area contributed by atoms with Crippen molar-refractivity contribution in [1.82, 2.24) is 10.2 Å². The fraction of sp³-hybridized carbons (Fsp3) is 0.750. The minimum absolute atomic E-state index is 0.325. The van der Waals surface area contributed by atoms with E-state index >= 15 is 0 Å². The Bertz CT molecular complexity index is 384. The summed E-state index contributed by atoms with van der Waals surface area (Å²) in [5, 5.41) is 7.96. The first-order chi connectivity index (χ1) is 6.92. The lowest BCUT2D eigenvalue weighted by molar-refractivity contribution is 0.592. The van der Waals surface area contributed by atoms with Crippen LogP contribution in [0, 0.1) is 6.92 Å². The quantitative estimate of drug-likeness (QED) is 0.892. The van der Waals surface area contributed by atoms with Crippen LogP contribution in [-0.2, 0) is 10.0 Å². The molecule has 1 rings (SSSR count). The zero-order valence-electron chi connectivity index (χ0n) is 9.60. The summed E-state index contributed by atoms with van der Waals surface area (Å²) in [6, 6.07) is 0. The molecule has 0 fully saturated rings. The smallest absolute Gasteiger partial charge is 0.236 e. The van der Waals surface area contributed by atoms with Crippen LogP contribution in [0.5, 0.6) is 0 Å². The Morgan fingerprint density at radius 2 is 1.80 bits per heavy atom. The normalized spacial score (nSPS) is 10.8. The van der Waals surface area contributed by atoms with Gasteiger partial charge < -0.3 is 0 Å². The van der Waals surface area contributed by atoms with Crippen LogP contribution in [-0.4, -0.2) is 23.9 Å². The van der Waals surface area contributed by atoms with Gasteiger partial charge in [-0.05, 0) is 20.8 Å². The molecule has 5 nitrogen and oxygen atoms in total.